The number of nitrogens with zero attached hydrogens (tertiary/aromatic N) is 3. The lowest BCUT2D eigenvalue weighted by Crippen LogP contribution is -2.16. The first-order valence-electron chi connectivity index (χ1n) is 6.24. The Morgan fingerprint density at radius 3 is 2.59 bits per heavy atom. The summed E-state index contributed by atoms with van der Waals surface area (Å²) >= 11 is 5.96. The molecule has 4 N–H and O–H groups in total. The number of esters is 1. The summed E-state index contributed by atoms with van der Waals surface area (Å²) < 4.78 is 10.3. The largest absolute Gasteiger partial charge is 0.480 e. The summed E-state index contributed by atoms with van der Waals surface area (Å²) in [7, 11) is 0. The quantitative estimate of drug-likeness (QED) is 0.784. The summed E-state index contributed by atoms with van der Waals surface area (Å²) in [6.07, 6.45) is 0. The van der Waals surface area contributed by atoms with Crippen LogP contribution in [0.1, 0.15) is 11.4 Å². The molecule has 22 heavy (non-hydrogen) atoms. The Labute approximate surface area is 131 Å². The molecule has 1 aromatic carbocycles. The second kappa shape index (κ2) is 6.90. The molecule has 0 unspecified atom stereocenters. The molecule has 8 nitrogen and oxygen atoms in total. The molecule has 2 aromatic rings. The van der Waals surface area contributed by atoms with Crippen molar-refractivity contribution in [2.24, 2.45) is 0 Å². The number of aryl methyl sites for hydroxylation is 1. The van der Waals surface area contributed by atoms with Crippen molar-refractivity contribution in [1.82, 2.24) is 15.0 Å². The third kappa shape index (κ3) is 4.45. The molecule has 0 saturated carbocycles. The van der Waals surface area contributed by atoms with Crippen LogP contribution in [0, 0.1) is 6.92 Å². The average Bonchev–Trinajstić information content (AvgIpc) is 2.45. The van der Waals surface area contributed by atoms with Crippen molar-refractivity contribution in [2.75, 3.05) is 18.1 Å². The number of hydrogen-bond acceptors (Lipinski definition) is 8. The molecular weight excluding hydrogens is 310 g/mol. The number of nitrogens with two attached hydrogens (primary N) is 2. The van der Waals surface area contributed by atoms with Crippen LogP contribution in [0.15, 0.2) is 18.2 Å². The highest BCUT2D eigenvalue weighted by molar-refractivity contribution is 6.32. The van der Waals surface area contributed by atoms with Crippen LogP contribution in [0.2, 0.25) is 5.02 Å². The number of carbonyl (C=O) groups excluding carboxylic acids is 1. The minimum Gasteiger partial charge on any atom is -0.480 e. The Balaban J connectivity index is 1.86. The van der Waals surface area contributed by atoms with Gasteiger partial charge in [-0.25, -0.2) is 4.79 Å². The Hall–Kier alpha value is -2.61. The van der Waals surface area contributed by atoms with Crippen LogP contribution in [0.5, 0.6) is 5.75 Å². The van der Waals surface area contributed by atoms with E-state index in [1.165, 1.54) is 0 Å². The molecule has 0 spiro atoms. The molecule has 0 radical (unpaired) electrons. The van der Waals surface area contributed by atoms with Crippen LogP contribution in [0.3, 0.4) is 0 Å². The Morgan fingerprint density at radius 1 is 1.23 bits per heavy atom. The molecule has 0 bridgehead atoms. The summed E-state index contributed by atoms with van der Waals surface area (Å²) in [5, 5.41) is 0.413. The minimum atomic E-state index is -0.602. The van der Waals surface area contributed by atoms with Crippen molar-refractivity contribution in [3.05, 3.63) is 34.6 Å². The number of anilines is 2. The highest BCUT2D eigenvalue weighted by atomic mass is 35.5. The van der Waals surface area contributed by atoms with Gasteiger partial charge in [0.2, 0.25) is 11.9 Å². The maximum atomic E-state index is 11.6. The Morgan fingerprint density at radius 2 is 1.91 bits per heavy atom. The third-order valence-corrected chi connectivity index (χ3v) is 2.82. The van der Waals surface area contributed by atoms with Gasteiger partial charge in [-0.1, -0.05) is 17.7 Å². The summed E-state index contributed by atoms with van der Waals surface area (Å²) in [4.78, 5) is 22.8. The maximum absolute atomic E-state index is 11.6. The second-order valence-electron chi connectivity index (χ2n) is 4.35. The lowest BCUT2D eigenvalue weighted by atomic mass is 10.2. The van der Waals surface area contributed by atoms with Crippen LogP contribution in [0.4, 0.5) is 11.9 Å². The van der Waals surface area contributed by atoms with Crippen molar-refractivity contribution < 1.29 is 14.3 Å². The molecule has 0 amide bonds. The van der Waals surface area contributed by atoms with Gasteiger partial charge in [0.25, 0.3) is 0 Å². The molecule has 0 saturated heterocycles. The van der Waals surface area contributed by atoms with Gasteiger partial charge in [0, 0.05) is 0 Å². The molecule has 2 rings (SSSR count). The second-order valence-corrected chi connectivity index (χ2v) is 4.76. The zero-order chi connectivity index (χ0) is 16.1. The first kappa shape index (κ1) is 15.8. The van der Waals surface area contributed by atoms with Crippen molar-refractivity contribution in [3.8, 4) is 5.75 Å². The van der Waals surface area contributed by atoms with E-state index in [2.05, 4.69) is 15.0 Å². The number of nitrogen functional groups attached to an aromatic ring is 2. The monoisotopic (exact) mass is 323 g/mol. The predicted molar refractivity (Wildman–Crippen MR) is 80.1 cm³/mol. The Bertz CT molecular complexity index is 675. The zero-order valence-electron chi connectivity index (χ0n) is 11.7. The highest BCUT2D eigenvalue weighted by Gasteiger charge is 2.09. The van der Waals surface area contributed by atoms with Crippen LogP contribution < -0.4 is 16.2 Å². The SMILES string of the molecule is Cc1ccc(Cl)c(OCC(=O)OCc2nc(N)nc(N)n2)c1. The molecule has 0 fully saturated rings. The van der Waals surface area contributed by atoms with E-state index < -0.39 is 5.97 Å². The standard InChI is InChI=1S/C13H14ClN5O3/c1-7-2-3-8(14)9(4-7)21-6-11(20)22-5-10-17-12(15)19-13(16)18-10/h2-4H,5-6H2,1H3,(H4,15,16,17,18,19). The van der Waals surface area contributed by atoms with E-state index in [0.29, 0.717) is 10.8 Å². The number of ether oxygens (including phenoxy) is 2. The first-order valence-corrected chi connectivity index (χ1v) is 6.62. The Kier molecular flexibility index (Phi) is 4.95. The van der Waals surface area contributed by atoms with Gasteiger partial charge in [-0.2, -0.15) is 15.0 Å². The van der Waals surface area contributed by atoms with Gasteiger partial charge >= 0.3 is 5.97 Å². The molecule has 0 aliphatic heterocycles. The predicted octanol–water partition coefficient (Wildman–Crippen LogP) is 1.12. The van der Waals surface area contributed by atoms with Crippen LogP contribution in [-0.4, -0.2) is 27.5 Å². The minimum absolute atomic E-state index is 0.0404. The number of carbonyl (C=O) groups is 1. The van der Waals surface area contributed by atoms with E-state index in [4.69, 9.17) is 32.5 Å². The van der Waals surface area contributed by atoms with E-state index >= 15 is 0 Å². The number of benzene rings is 1. The lowest BCUT2D eigenvalue weighted by molar-refractivity contribution is -0.147. The number of halogens is 1. The lowest BCUT2D eigenvalue weighted by Gasteiger charge is -2.09. The van der Waals surface area contributed by atoms with Gasteiger partial charge in [-0.15, -0.1) is 0 Å². The van der Waals surface area contributed by atoms with E-state index in [1.54, 1.807) is 12.1 Å². The molecular formula is C13H14ClN5O3. The van der Waals surface area contributed by atoms with Gasteiger partial charge in [0.1, 0.15) is 5.75 Å². The summed E-state index contributed by atoms with van der Waals surface area (Å²) in [6, 6.07) is 5.25. The smallest absolute Gasteiger partial charge is 0.344 e. The maximum Gasteiger partial charge on any atom is 0.344 e. The van der Waals surface area contributed by atoms with Gasteiger partial charge in [-0.05, 0) is 24.6 Å². The van der Waals surface area contributed by atoms with Crippen molar-refractivity contribution in [2.45, 2.75) is 13.5 Å². The average molecular weight is 324 g/mol. The number of hydrogen-bond donors (Lipinski definition) is 2. The van der Waals surface area contributed by atoms with Gasteiger partial charge in [-0.3, -0.25) is 0 Å². The fourth-order valence-electron chi connectivity index (χ4n) is 1.57. The molecule has 0 aliphatic carbocycles. The van der Waals surface area contributed by atoms with Gasteiger partial charge < -0.3 is 20.9 Å². The highest BCUT2D eigenvalue weighted by Crippen LogP contribution is 2.25. The topological polar surface area (TPSA) is 126 Å². The van der Waals surface area contributed by atoms with Crippen molar-refractivity contribution in [1.29, 1.82) is 0 Å². The summed E-state index contributed by atoms with van der Waals surface area (Å²) in [6.45, 7) is 1.41. The third-order valence-electron chi connectivity index (χ3n) is 2.51. The summed E-state index contributed by atoms with van der Waals surface area (Å²) in [5.74, 6) is -0.114. The van der Waals surface area contributed by atoms with Crippen LogP contribution in [0.25, 0.3) is 0 Å². The fraction of sp³-hybridized carbons (Fsp3) is 0.231. The summed E-state index contributed by atoms with van der Waals surface area (Å²) in [5.41, 5.74) is 11.8. The van der Waals surface area contributed by atoms with Gasteiger partial charge in [0.15, 0.2) is 19.0 Å². The molecule has 0 aliphatic rings. The molecule has 1 heterocycles. The van der Waals surface area contributed by atoms with E-state index in [1.807, 2.05) is 13.0 Å². The van der Waals surface area contributed by atoms with Crippen LogP contribution in [-0.2, 0) is 16.1 Å². The molecule has 1 aromatic heterocycles. The van der Waals surface area contributed by atoms with Gasteiger partial charge in [0.05, 0.1) is 5.02 Å². The first-order chi connectivity index (χ1) is 10.4. The molecule has 116 valence electrons. The zero-order valence-corrected chi connectivity index (χ0v) is 12.5. The van der Waals surface area contributed by atoms with E-state index in [-0.39, 0.29) is 30.9 Å². The van der Waals surface area contributed by atoms with E-state index in [9.17, 15) is 4.79 Å². The normalized spacial score (nSPS) is 10.3. The number of rotatable bonds is 5. The number of aromatic nitrogens is 3. The molecule has 0 atom stereocenters. The van der Waals surface area contributed by atoms with Crippen LogP contribution >= 0.6 is 11.6 Å². The molecule has 9 heteroatoms. The fourth-order valence-corrected chi connectivity index (χ4v) is 1.74. The van der Waals surface area contributed by atoms with E-state index in [0.717, 1.165) is 5.56 Å². The van der Waals surface area contributed by atoms with Crippen molar-refractivity contribution in [3.63, 3.8) is 0 Å². The van der Waals surface area contributed by atoms with Crippen molar-refractivity contribution >= 4 is 29.5 Å².